The number of nitrogens with zero attached hydrogens (tertiary/aromatic N) is 2. The van der Waals surface area contributed by atoms with Crippen LogP contribution < -0.4 is 28.6 Å². The van der Waals surface area contributed by atoms with Gasteiger partial charge in [0.05, 0.1) is 39.0 Å². The first-order valence-electron chi connectivity index (χ1n) is 13.4. The number of amides is 2. The molecule has 0 spiro atoms. The number of carbonyl (C=O) groups is 2. The molecular formula is C30H35Cl2N3O8S. The largest absolute Gasteiger partial charge is 0.497 e. The molecule has 0 saturated carbocycles. The van der Waals surface area contributed by atoms with Crippen LogP contribution in [0.3, 0.4) is 0 Å². The van der Waals surface area contributed by atoms with Crippen LogP contribution in [0.4, 0.5) is 5.69 Å². The van der Waals surface area contributed by atoms with E-state index in [1.54, 1.807) is 31.2 Å². The van der Waals surface area contributed by atoms with Gasteiger partial charge in [-0.3, -0.25) is 13.9 Å². The van der Waals surface area contributed by atoms with Gasteiger partial charge in [-0.25, -0.2) is 8.42 Å². The van der Waals surface area contributed by atoms with Gasteiger partial charge in [0.2, 0.25) is 11.8 Å². The third-order valence-electron chi connectivity index (χ3n) is 6.79. The lowest BCUT2D eigenvalue weighted by Crippen LogP contribution is -2.51. The Labute approximate surface area is 267 Å². The summed E-state index contributed by atoms with van der Waals surface area (Å²) in [5.41, 5.74) is 0.421. The molecule has 0 aromatic heterocycles. The van der Waals surface area contributed by atoms with Crippen molar-refractivity contribution in [2.24, 2.45) is 0 Å². The zero-order chi connectivity index (χ0) is 32.6. The average Bonchev–Trinajstić information content (AvgIpc) is 3.02. The van der Waals surface area contributed by atoms with Gasteiger partial charge < -0.3 is 29.2 Å². The maximum absolute atomic E-state index is 14.3. The molecule has 0 heterocycles. The molecule has 3 aromatic carbocycles. The van der Waals surface area contributed by atoms with E-state index in [0.717, 1.165) is 4.31 Å². The number of rotatable bonds is 14. The summed E-state index contributed by atoms with van der Waals surface area (Å²) in [6.45, 7) is 2.70. The van der Waals surface area contributed by atoms with Crippen LogP contribution in [0.5, 0.6) is 23.0 Å². The van der Waals surface area contributed by atoms with Crippen molar-refractivity contribution in [3.8, 4) is 23.0 Å². The van der Waals surface area contributed by atoms with Crippen molar-refractivity contribution >= 4 is 50.7 Å². The minimum atomic E-state index is -4.48. The predicted octanol–water partition coefficient (Wildman–Crippen LogP) is 4.78. The van der Waals surface area contributed by atoms with E-state index in [-0.39, 0.29) is 38.7 Å². The van der Waals surface area contributed by atoms with Crippen molar-refractivity contribution in [1.29, 1.82) is 0 Å². The Morgan fingerprint density at radius 2 is 1.48 bits per heavy atom. The molecule has 0 aliphatic heterocycles. The molecule has 44 heavy (non-hydrogen) atoms. The Bertz CT molecular complexity index is 1580. The van der Waals surface area contributed by atoms with Crippen molar-refractivity contribution in [3.05, 3.63) is 70.2 Å². The van der Waals surface area contributed by atoms with Crippen molar-refractivity contribution in [1.82, 2.24) is 10.2 Å². The number of likely N-dealkylation sites (N-methyl/N-ethyl adjacent to an activating group) is 1. The summed E-state index contributed by atoms with van der Waals surface area (Å²) < 4.78 is 51.0. The third-order valence-corrected chi connectivity index (χ3v) is 9.25. The second-order valence-electron chi connectivity index (χ2n) is 9.36. The summed E-state index contributed by atoms with van der Waals surface area (Å²) in [7, 11) is 1.12. The van der Waals surface area contributed by atoms with Crippen LogP contribution in [0.2, 0.25) is 10.0 Å². The van der Waals surface area contributed by atoms with Crippen LogP contribution in [0, 0.1) is 0 Å². The Kier molecular flexibility index (Phi) is 12.0. The Balaban J connectivity index is 2.20. The van der Waals surface area contributed by atoms with Crippen molar-refractivity contribution in [2.45, 2.75) is 31.3 Å². The van der Waals surface area contributed by atoms with Gasteiger partial charge >= 0.3 is 0 Å². The molecule has 3 rings (SSSR count). The monoisotopic (exact) mass is 667 g/mol. The van der Waals surface area contributed by atoms with Gasteiger partial charge in [0.15, 0.2) is 11.5 Å². The fraction of sp³-hybridized carbons (Fsp3) is 0.333. The standard InChI is InChI=1S/C30H35Cl2N3O8S/c1-7-33-30(37)19(2)34(17-22-23(31)9-8-10-24(22)32)29(36)18-35(25-15-20(40-3)11-13-26(25)41-4)44(38,39)21-12-14-27(42-5)28(16-21)43-6/h8-16,19H,7,17-18H2,1-6H3,(H,33,37)/t19-/m0/s1. The van der Waals surface area contributed by atoms with E-state index < -0.39 is 34.4 Å². The van der Waals surface area contributed by atoms with Gasteiger partial charge in [0, 0.05) is 40.8 Å². The lowest BCUT2D eigenvalue weighted by atomic mass is 10.1. The van der Waals surface area contributed by atoms with E-state index in [4.69, 9.17) is 42.1 Å². The summed E-state index contributed by atoms with van der Waals surface area (Å²) in [6.07, 6.45) is 0. The summed E-state index contributed by atoms with van der Waals surface area (Å²) in [6, 6.07) is 12.5. The molecule has 1 atom stereocenters. The van der Waals surface area contributed by atoms with Crippen molar-refractivity contribution in [3.63, 3.8) is 0 Å². The Morgan fingerprint density at radius 3 is 2.05 bits per heavy atom. The predicted molar refractivity (Wildman–Crippen MR) is 169 cm³/mol. The van der Waals surface area contributed by atoms with Crippen LogP contribution in [0.15, 0.2) is 59.5 Å². The molecule has 0 bridgehead atoms. The van der Waals surface area contributed by atoms with Gasteiger partial charge in [-0.15, -0.1) is 0 Å². The van der Waals surface area contributed by atoms with Gasteiger partial charge in [0.25, 0.3) is 10.0 Å². The van der Waals surface area contributed by atoms with E-state index in [2.05, 4.69) is 5.32 Å². The van der Waals surface area contributed by atoms with Crippen LogP contribution in [0.1, 0.15) is 19.4 Å². The quantitative estimate of drug-likeness (QED) is 0.261. The molecule has 0 radical (unpaired) electrons. The number of nitrogens with one attached hydrogen (secondary N) is 1. The van der Waals surface area contributed by atoms with Crippen LogP contribution in [-0.4, -0.2) is 72.7 Å². The number of sulfonamides is 1. The number of ether oxygens (including phenoxy) is 4. The molecule has 0 aliphatic carbocycles. The molecule has 2 amide bonds. The Hall–Kier alpha value is -3.87. The molecule has 0 saturated heterocycles. The summed E-state index contributed by atoms with van der Waals surface area (Å²) in [5, 5.41) is 3.26. The zero-order valence-corrected chi connectivity index (χ0v) is 27.5. The number of halogens is 2. The highest BCUT2D eigenvalue weighted by Gasteiger charge is 2.35. The summed E-state index contributed by atoms with van der Waals surface area (Å²) in [5.74, 6) is -0.217. The lowest BCUT2D eigenvalue weighted by Gasteiger charge is -2.32. The average molecular weight is 669 g/mol. The van der Waals surface area contributed by atoms with Gasteiger partial charge in [-0.05, 0) is 50.2 Å². The third kappa shape index (κ3) is 7.61. The zero-order valence-electron chi connectivity index (χ0n) is 25.2. The van der Waals surface area contributed by atoms with E-state index in [1.165, 1.54) is 70.6 Å². The van der Waals surface area contributed by atoms with Crippen LogP contribution >= 0.6 is 23.2 Å². The topological polar surface area (TPSA) is 124 Å². The van der Waals surface area contributed by atoms with E-state index in [1.807, 2.05) is 0 Å². The molecule has 0 fully saturated rings. The molecule has 1 N–H and O–H groups in total. The first kappa shape index (κ1) is 34.6. The van der Waals surface area contributed by atoms with E-state index >= 15 is 0 Å². The molecule has 14 heteroatoms. The van der Waals surface area contributed by atoms with Gasteiger partial charge in [-0.1, -0.05) is 29.3 Å². The molecule has 0 unspecified atom stereocenters. The number of carbonyl (C=O) groups excluding carboxylic acids is 2. The van der Waals surface area contributed by atoms with Gasteiger partial charge in [0.1, 0.15) is 24.1 Å². The number of hydrogen-bond acceptors (Lipinski definition) is 8. The normalized spacial score (nSPS) is 11.7. The second kappa shape index (κ2) is 15.2. The number of methoxy groups -OCH3 is 4. The van der Waals surface area contributed by atoms with E-state index in [9.17, 15) is 18.0 Å². The number of anilines is 1. The highest BCUT2D eigenvalue weighted by Crippen LogP contribution is 2.38. The summed E-state index contributed by atoms with van der Waals surface area (Å²) in [4.78, 5) is 28.2. The van der Waals surface area contributed by atoms with Crippen molar-refractivity contribution in [2.75, 3.05) is 45.8 Å². The van der Waals surface area contributed by atoms with Crippen LogP contribution in [-0.2, 0) is 26.2 Å². The van der Waals surface area contributed by atoms with E-state index in [0.29, 0.717) is 23.6 Å². The minimum absolute atomic E-state index is 0.0244. The SMILES string of the molecule is CCNC(=O)[C@H](C)N(Cc1c(Cl)cccc1Cl)C(=O)CN(c1cc(OC)ccc1OC)S(=O)(=O)c1ccc(OC)c(OC)c1. The maximum atomic E-state index is 14.3. The Morgan fingerprint density at radius 1 is 0.864 bits per heavy atom. The molecule has 238 valence electrons. The highest BCUT2D eigenvalue weighted by atomic mass is 35.5. The number of benzene rings is 3. The molecule has 0 aliphatic rings. The second-order valence-corrected chi connectivity index (χ2v) is 12.0. The first-order chi connectivity index (χ1) is 20.9. The fourth-order valence-electron chi connectivity index (χ4n) is 4.37. The minimum Gasteiger partial charge on any atom is -0.497 e. The van der Waals surface area contributed by atoms with Gasteiger partial charge in [-0.2, -0.15) is 0 Å². The summed E-state index contributed by atoms with van der Waals surface area (Å²) >= 11 is 12.8. The number of hydrogen-bond donors (Lipinski definition) is 1. The highest BCUT2D eigenvalue weighted by molar-refractivity contribution is 7.92. The molecular weight excluding hydrogens is 633 g/mol. The van der Waals surface area contributed by atoms with Crippen molar-refractivity contribution < 1.29 is 37.0 Å². The molecule has 11 nitrogen and oxygen atoms in total. The molecule has 3 aromatic rings. The first-order valence-corrected chi connectivity index (χ1v) is 15.6. The fourth-order valence-corrected chi connectivity index (χ4v) is 6.32. The van der Waals surface area contributed by atoms with Crippen LogP contribution in [0.25, 0.3) is 0 Å². The maximum Gasteiger partial charge on any atom is 0.265 e. The smallest absolute Gasteiger partial charge is 0.265 e. The lowest BCUT2D eigenvalue weighted by molar-refractivity contribution is -0.139.